The summed E-state index contributed by atoms with van der Waals surface area (Å²) in [5, 5.41) is 3.02. The second-order valence-electron chi connectivity index (χ2n) is 7.09. The lowest BCUT2D eigenvalue weighted by Gasteiger charge is -2.19. The highest BCUT2D eigenvalue weighted by atomic mass is 35.5. The van der Waals surface area contributed by atoms with Gasteiger partial charge in [-0.25, -0.2) is 4.98 Å². The van der Waals surface area contributed by atoms with Crippen LogP contribution < -0.4 is 10.1 Å². The summed E-state index contributed by atoms with van der Waals surface area (Å²) in [7, 11) is 3.64. The smallest absolute Gasteiger partial charge is 0.255 e. The number of halogens is 2. The van der Waals surface area contributed by atoms with Crippen LogP contribution in [0.5, 0.6) is 11.6 Å². The van der Waals surface area contributed by atoms with Crippen LogP contribution >= 0.6 is 24.8 Å². The van der Waals surface area contributed by atoms with Gasteiger partial charge in [0.15, 0.2) is 0 Å². The van der Waals surface area contributed by atoms with Crippen molar-refractivity contribution in [2.45, 2.75) is 26.2 Å². The molecule has 5 nitrogen and oxygen atoms in total. The molecule has 0 bridgehead atoms. The second kappa shape index (κ2) is 11.1. The van der Waals surface area contributed by atoms with Crippen molar-refractivity contribution in [3.8, 4) is 11.6 Å². The summed E-state index contributed by atoms with van der Waals surface area (Å²) in [4.78, 5) is 18.2. The topological polar surface area (TPSA) is 54.5 Å². The van der Waals surface area contributed by atoms with Crippen LogP contribution in [-0.4, -0.2) is 43.0 Å². The Labute approximate surface area is 174 Å². The summed E-state index contributed by atoms with van der Waals surface area (Å²) in [5.74, 6) is 1.15. The van der Waals surface area contributed by atoms with Gasteiger partial charge in [0.2, 0.25) is 5.88 Å². The van der Waals surface area contributed by atoms with Gasteiger partial charge in [0.05, 0.1) is 5.56 Å². The number of hydrogen-bond donors (Lipinski definition) is 1. The molecular weight excluding hydrogens is 385 g/mol. The van der Waals surface area contributed by atoms with Crippen LogP contribution in [0.1, 0.15) is 36.7 Å². The van der Waals surface area contributed by atoms with Crippen molar-refractivity contribution in [2.24, 2.45) is 0 Å². The third-order valence-corrected chi connectivity index (χ3v) is 3.97. The molecule has 1 aromatic heterocycles. The van der Waals surface area contributed by atoms with E-state index in [1.807, 2.05) is 19.2 Å². The number of nitrogens with zero attached hydrogens (tertiary/aromatic N) is 2. The Morgan fingerprint density at radius 3 is 2.22 bits per heavy atom. The predicted octanol–water partition coefficient (Wildman–Crippen LogP) is 4.31. The molecule has 1 heterocycles. The molecule has 0 aliphatic carbocycles. The van der Waals surface area contributed by atoms with Gasteiger partial charge in [-0.1, -0.05) is 32.9 Å². The van der Waals surface area contributed by atoms with Crippen LogP contribution in [0.15, 0.2) is 42.6 Å². The number of carbonyl (C=O) groups is 1. The molecule has 0 radical (unpaired) electrons. The highest BCUT2D eigenvalue weighted by molar-refractivity contribution is 5.93. The molecule has 0 fully saturated rings. The van der Waals surface area contributed by atoms with Gasteiger partial charge in [-0.2, -0.15) is 0 Å². The van der Waals surface area contributed by atoms with Crippen molar-refractivity contribution < 1.29 is 9.53 Å². The van der Waals surface area contributed by atoms with Crippen LogP contribution in [0.2, 0.25) is 0 Å². The Balaban J connectivity index is 0.00000338. The van der Waals surface area contributed by atoms with Crippen LogP contribution in [-0.2, 0) is 5.41 Å². The number of rotatable bonds is 6. The largest absolute Gasteiger partial charge is 0.439 e. The van der Waals surface area contributed by atoms with Gasteiger partial charge in [-0.05, 0) is 36.2 Å². The molecule has 1 aromatic carbocycles. The lowest BCUT2D eigenvalue weighted by molar-refractivity contribution is 0.0796. The van der Waals surface area contributed by atoms with Gasteiger partial charge in [-0.15, -0.1) is 24.8 Å². The molecule has 2 rings (SSSR count). The van der Waals surface area contributed by atoms with E-state index in [1.165, 1.54) is 5.56 Å². The maximum atomic E-state index is 12.3. The summed E-state index contributed by atoms with van der Waals surface area (Å²) >= 11 is 0. The lowest BCUT2D eigenvalue weighted by atomic mass is 9.87. The first-order valence-electron chi connectivity index (χ1n) is 8.46. The van der Waals surface area contributed by atoms with Crippen molar-refractivity contribution in [1.82, 2.24) is 15.2 Å². The first kappa shape index (κ1) is 25.2. The van der Waals surface area contributed by atoms with Gasteiger partial charge >= 0.3 is 0 Å². The normalized spacial score (nSPS) is 10.4. The first-order chi connectivity index (χ1) is 11.8. The standard InChI is InChI=1S/C20H27N3O2.2ClH/c1-20(2,3)16-7-9-17(10-8-16)25-18-11-6-15(14-22-18)19(24)23(5)13-12-21-4;;/h6-11,14,21H,12-13H2,1-5H3;2*1H. The Kier molecular flexibility index (Phi) is 10.4. The number of hydrogen-bond acceptors (Lipinski definition) is 4. The maximum absolute atomic E-state index is 12.3. The molecule has 1 amide bonds. The fraction of sp³-hybridized carbons (Fsp3) is 0.400. The molecule has 7 heteroatoms. The highest BCUT2D eigenvalue weighted by Crippen LogP contribution is 2.26. The quantitative estimate of drug-likeness (QED) is 0.766. The average molecular weight is 414 g/mol. The number of benzene rings is 1. The summed E-state index contributed by atoms with van der Waals surface area (Å²) in [6, 6.07) is 11.5. The van der Waals surface area contributed by atoms with E-state index in [0.717, 1.165) is 12.3 Å². The fourth-order valence-corrected chi connectivity index (χ4v) is 2.31. The first-order valence-corrected chi connectivity index (χ1v) is 8.46. The number of ether oxygens (including phenoxy) is 1. The minimum atomic E-state index is -0.0520. The van der Waals surface area contributed by atoms with Crippen molar-refractivity contribution in [3.05, 3.63) is 53.7 Å². The van der Waals surface area contributed by atoms with Crippen LogP contribution in [0.25, 0.3) is 0 Å². The molecule has 2 aromatic rings. The second-order valence-corrected chi connectivity index (χ2v) is 7.09. The average Bonchev–Trinajstić information content (AvgIpc) is 2.59. The van der Waals surface area contributed by atoms with E-state index in [2.05, 4.69) is 43.2 Å². The van der Waals surface area contributed by atoms with Gasteiger partial charge in [0.25, 0.3) is 5.91 Å². The zero-order valence-corrected chi connectivity index (χ0v) is 18.1. The summed E-state index contributed by atoms with van der Waals surface area (Å²) in [6.45, 7) is 7.92. The Morgan fingerprint density at radius 2 is 1.74 bits per heavy atom. The molecule has 150 valence electrons. The molecule has 0 atom stereocenters. The number of amides is 1. The van der Waals surface area contributed by atoms with E-state index in [1.54, 1.807) is 30.3 Å². The van der Waals surface area contributed by atoms with E-state index < -0.39 is 0 Å². The molecule has 0 spiro atoms. The van der Waals surface area contributed by atoms with Crippen LogP contribution in [0.3, 0.4) is 0 Å². The molecular formula is C20H29Cl2N3O2. The Bertz CT molecular complexity index is 699. The third-order valence-electron chi connectivity index (χ3n) is 3.97. The number of pyridine rings is 1. The van der Waals surface area contributed by atoms with E-state index in [0.29, 0.717) is 18.0 Å². The maximum Gasteiger partial charge on any atom is 0.255 e. The monoisotopic (exact) mass is 413 g/mol. The van der Waals surface area contributed by atoms with E-state index >= 15 is 0 Å². The van der Waals surface area contributed by atoms with Crippen molar-refractivity contribution in [2.75, 3.05) is 27.2 Å². The van der Waals surface area contributed by atoms with Crippen molar-refractivity contribution in [1.29, 1.82) is 0 Å². The predicted molar refractivity (Wildman–Crippen MR) is 115 cm³/mol. The molecule has 1 N–H and O–H groups in total. The summed E-state index contributed by atoms with van der Waals surface area (Å²) in [6.07, 6.45) is 1.55. The Morgan fingerprint density at radius 1 is 1.11 bits per heavy atom. The number of likely N-dealkylation sites (N-methyl/N-ethyl adjacent to an activating group) is 2. The molecule has 0 saturated heterocycles. The van der Waals surface area contributed by atoms with Crippen LogP contribution in [0.4, 0.5) is 0 Å². The van der Waals surface area contributed by atoms with Crippen molar-refractivity contribution >= 4 is 30.7 Å². The molecule has 0 aliphatic heterocycles. The van der Waals surface area contributed by atoms with E-state index in [9.17, 15) is 4.79 Å². The van der Waals surface area contributed by atoms with E-state index in [-0.39, 0.29) is 36.1 Å². The number of nitrogens with one attached hydrogen (secondary N) is 1. The molecule has 27 heavy (non-hydrogen) atoms. The SMILES string of the molecule is CNCCN(C)C(=O)c1ccc(Oc2ccc(C(C)(C)C)cc2)nc1.Cl.Cl. The van der Waals surface area contributed by atoms with Gasteiger partial charge in [0.1, 0.15) is 5.75 Å². The number of carbonyl (C=O) groups excluding carboxylic acids is 1. The highest BCUT2D eigenvalue weighted by Gasteiger charge is 2.14. The van der Waals surface area contributed by atoms with Crippen molar-refractivity contribution in [3.63, 3.8) is 0 Å². The zero-order chi connectivity index (χ0) is 18.4. The molecule has 0 unspecified atom stereocenters. The van der Waals surface area contributed by atoms with Gasteiger partial charge in [0, 0.05) is 32.4 Å². The fourth-order valence-electron chi connectivity index (χ4n) is 2.31. The van der Waals surface area contributed by atoms with Gasteiger partial charge in [-0.3, -0.25) is 4.79 Å². The minimum absolute atomic E-state index is 0. The third kappa shape index (κ3) is 7.37. The number of aromatic nitrogens is 1. The zero-order valence-electron chi connectivity index (χ0n) is 16.5. The molecule has 0 saturated carbocycles. The summed E-state index contributed by atoms with van der Waals surface area (Å²) in [5.41, 5.74) is 1.91. The summed E-state index contributed by atoms with van der Waals surface area (Å²) < 4.78 is 5.76. The Hall–Kier alpha value is -1.82. The minimum Gasteiger partial charge on any atom is -0.439 e. The van der Waals surface area contributed by atoms with Crippen LogP contribution in [0, 0.1) is 0 Å². The van der Waals surface area contributed by atoms with E-state index in [4.69, 9.17) is 4.74 Å². The lowest BCUT2D eigenvalue weighted by Crippen LogP contribution is -2.32. The molecule has 0 aliphatic rings. The van der Waals surface area contributed by atoms with Gasteiger partial charge < -0.3 is 15.0 Å².